The van der Waals surface area contributed by atoms with Crippen LogP contribution in [0.25, 0.3) is 0 Å². The summed E-state index contributed by atoms with van der Waals surface area (Å²) in [5.74, 6) is 0. The van der Waals surface area contributed by atoms with Crippen LogP contribution in [0.15, 0.2) is 12.4 Å². The predicted octanol–water partition coefficient (Wildman–Crippen LogP) is 0.296. The summed E-state index contributed by atoms with van der Waals surface area (Å²) in [5.41, 5.74) is 1.11. The average molecular weight is 227 g/mol. The summed E-state index contributed by atoms with van der Waals surface area (Å²) < 4.78 is 7.06. The lowest BCUT2D eigenvalue weighted by Gasteiger charge is -2.13. The minimum atomic E-state index is -0.459. The molecule has 1 aromatic heterocycles. The molecule has 0 aliphatic rings. The van der Waals surface area contributed by atoms with Crippen LogP contribution in [0, 0.1) is 0 Å². The van der Waals surface area contributed by atoms with Crippen molar-refractivity contribution in [1.29, 1.82) is 0 Å². The van der Waals surface area contributed by atoms with Crippen molar-refractivity contribution in [2.45, 2.75) is 32.6 Å². The third-order valence-electron chi connectivity index (χ3n) is 2.09. The minimum absolute atomic E-state index is 0.160. The quantitative estimate of drug-likeness (QED) is 0.703. The van der Waals surface area contributed by atoms with Gasteiger partial charge in [-0.1, -0.05) is 0 Å². The zero-order valence-electron chi connectivity index (χ0n) is 10.2. The molecule has 0 saturated carbocycles. The maximum Gasteiger partial charge on any atom is 0.0897 e. The number of rotatable bonds is 7. The Kier molecular flexibility index (Phi) is 5.45. The molecule has 1 unspecified atom stereocenters. The van der Waals surface area contributed by atoms with E-state index in [1.165, 1.54) is 0 Å². The molecule has 0 radical (unpaired) electrons. The first kappa shape index (κ1) is 13.2. The molecule has 5 nitrogen and oxygen atoms in total. The first-order chi connectivity index (χ1) is 7.58. The summed E-state index contributed by atoms with van der Waals surface area (Å²) in [6, 6.07) is 0. The van der Waals surface area contributed by atoms with Crippen molar-refractivity contribution in [1.82, 2.24) is 15.1 Å². The van der Waals surface area contributed by atoms with E-state index in [0.29, 0.717) is 19.7 Å². The number of aliphatic hydroxyl groups excluding tert-OH is 1. The van der Waals surface area contributed by atoms with Gasteiger partial charge in [-0.3, -0.25) is 4.68 Å². The topological polar surface area (TPSA) is 59.3 Å². The lowest BCUT2D eigenvalue weighted by Crippen LogP contribution is -2.30. The van der Waals surface area contributed by atoms with Crippen LogP contribution < -0.4 is 5.32 Å². The molecular weight excluding hydrogens is 206 g/mol. The van der Waals surface area contributed by atoms with Gasteiger partial charge in [0, 0.05) is 31.9 Å². The second-order valence-corrected chi connectivity index (χ2v) is 4.19. The highest BCUT2D eigenvalue weighted by Gasteiger charge is 2.05. The summed E-state index contributed by atoms with van der Waals surface area (Å²) in [6.45, 7) is 5.53. The molecule has 0 amide bonds. The molecule has 0 aromatic carbocycles. The predicted molar refractivity (Wildman–Crippen MR) is 62.0 cm³/mol. The largest absolute Gasteiger partial charge is 0.389 e. The van der Waals surface area contributed by atoms with Crippen LogP contribution in [-0.4, -0.2) is 40.2 Å². The smallest absolute Gasteiger partial charge is 0.0897 e. The van der Waals surface area contributed by atoms with Crippen LogP contribution in [0.2, 0.25) is 0 Å². The number of aliphatic hydroxyl groups is 1. The van der Waals surface area contributed by atoms with E-state index >= 15 is 0 Å². The molecule has 0 bridgehead atoms. The fourth-order valence-electron chi connectivity index (χ4n) is 1.31. The van der Waals surface area contributed by atoms with Crippen LogP contribution in [0.5, 0.6) is 0 Å². The number of nitrogens with zero attached hydrogens (tertiary/aromatic N) is 2. The molecule has 0 fully saturated rings. The Balaban J connectivity index is 2.10. The van der Waals surface area contributed by atoms with Crippen molar-refractivity contribution in [3.05, 3.63) is 18.0 Å². The normalized spacial score (nSPS) is 13.3. The molecule has 0 aliphatic carbocycles. The molecule has 16 heavy (non-hydrogen) atoms. The van der Waals surface area contributed by atoms with Gasteiger partial charge in [0.15, 0.2) is 0 Å². The fourth-order valence-corrected chi connectivity index (χ4v) is 1.31. The van der Waals surface area contributed by atoms with E-state index in [1.807, 2.05) is 33.3 Å². The number of hydrogen-bond acceptors (Lipinski definition) is 4. The lowest BCUT2D eigenvalue weighted by molar-refractivity contribution is 0.00630. The molecular formula is C11H21N3O2. The zero-order valence-corrected chi connectivity index (χ0v) is 10.2. The Labute approximate surface area is 96.4 Å². The first-order valence-corrected chi connectivity index (χ1v) is 5.56. The Morgan fingerprint density at radius 2 is 2.31 bits per heavy atom. The number of nitrogens with one attached hydrogen (secondary N) is 1. The number of aryl methyl sites for hydroxylation is 1. The van der Waals surface area contributed by atoms with Crippen LogP contribution in [0.4, 0.5) is 0 Å². The van der Waals surface area contributed by atoms with E-state index < -0.39 is 6.10 Å². The second kappa shape index (κ2) is 6.62. The highest BCUT2D eigenvalue weighted by molar-refractivity contribution is 5.02. The van der Waals surface area contributed by atoms with Crippen LogP contribution >= 0.6 is 0 Å². The number of hydrogen-bond donors (Lipinski definition) is 2. The fraction of sp³-hybridized carbons (Fsp3) is 0.727. The van der Waals surface area contributed by atoms with E-state index in [0.717, 1.165) is 5.56 Å². The minimum Gasteiger partial charge on any atom is -0.389 e. The monoisotopic (exact) mass is 227 g/mol. The third kappa shape index (κ3) is 5.25. The molecule has 1 atom stereocenters. The molecule has 5 heteroatoms. The van der Waals surface area contributed by atoms with Gasteiger partial charge in [-0.25, -0.2) is 0 Å². The van der Waals surface area contributed by atoms with E-state index in [-0.39, 0.29) is 6.10 Å². The van der Waals surface area contributed by atoms with Gasteiger partial charge in [-0.05, 0) is 13.8 Å². The van der Waals surface area contributed by atoms with Crippen molar-refractivity contribution in [3.63, 3.8) is 0 Å². The van der Waals surface area contributed by atoms with E-state index in [1.54, 1.807) is 4.68 Å². The molecule has 1 rings (SSSR count). The second-order valence-electron chi connectivity index (χ2n) is 4.19. The van der Waals surface area contributed by atoms with Gasteiger partial charge < -0.3 is 15.2 Å². The van der Waals surface area contributed by atoms with E-state index in [9.17, 15) is 5.11 Å². The van der Waals surface area contributed by atoms with Crippen molar-refractivity contribution in [2.24, 2.45) is 7.05 Å². The van der Waals surface area contributed by atoms with Crippen LogP contribution in [-0.2, 0) is 18.3 Å². The van der Waals surface area contributed by atoms with Gasteiger partial charge >= 0.3 is 0 Å². The molecule has 2 N–H and O–H groups in total. The summed E-state index contributed by atoms with van der Waals surface area (Å²) in [4.78, 5) is 0. The Bertz CT molecular complexity index is 299. The molecule has 92 valence electrons. The van der Waals surface area contributed by atoms with E-state index in [4.69, 9.17) is 4.74 Å². The van der Waals surface area contributed by atoms with Gasteiger partial charge in [0.25, 0.3) is 0 Å². The SMILES string of the molecule is CC(C)OCC(O)CNCc1cnn(C)c1. The van der Waals surface area contributed by atoms with Gasteiger partial charge in [-0.15, -0.1) is 0 Å². The van der Waals surface area contributed by atoms with Gasteiger partial charge in [0.2, 0.25) is 0 Å². The average Bonchev–Trinajstić information content (AvgIpc) is 2.61. The van der Waals surface area contributed by atoms with Crippen molar-refractivity contribution in [2.75, 3.05) is 13.2 Å². The van der Waals surface area contributed by atoms with E-state index in [2.05, 4.69) is 10.4 Å². The summed E-state index contributed by atoms with van der Waals surface area (Å²) in [7, 11) is 1.88. The highest BCUT2D eigenvalue weighted by atomic mass is 16.5. The van der Waals surface area contributed by atoms with Gasteiger partial charge in [0.05, 0.1) is 25.0 Å². The maximum atomic E-state index is 9.57. The van der Waals surface area contributed by atoms with Crippen molar-refractivity contribution in [3.8, 4) is 0 Å². The van der Waals surface area contributed by atoms with Gasteiger partial charge in [0.1, 0.15) is 0 Å². The highest BCUT2D eigenvalue weighted by Crippen LogP contribution is 1.95. The summed E-state index contributed by atoms with van der Waals surface area (Å²) >= 11 is 0. The molecule has 0 aliphatic heterocycles. The van der Waals surface area contributed by atoms with Crippen LogP contribution in [0.3, 0.4) is 0 Å². The maximum absolute atomic E-state index is 9.57. The Hall–Kier alpha value is -0.910. The molecule has 0 spiro atoms. The third-order valence-corrected chi connectivity index (χ3v) is 2.09. The molecule has 1 aromatic rings. The van der Waals surface area contributed by atoms with Crippen molar-refractivity contribution >= 4 is 0 Å². The standard InChI is InChI=1S/C11H21N3O2/c1-9(2)16-8-11(15)6-12-4-10-5-13-14(3)7-10/h5,7,9,11-12,15H,4,6,8H2,1-3H3. The zero-order chi connectivity index (χ0) is 12.0. The summed E-state index contributed by atoms with van der Waals surface area (Å²) in [6.07, 6.45) is 3.46. The number of aromatic nitrogens is 2. The van der Waals surface area contributed by atoms with Crippen LogP contribution in [0.1, 0.15) is 19.4 Å². The van der Waals surface area contributed by atoms with Crippen molar-refractivity contribution < 1.29 is 9.84 Å². The molecule has 0 saturated heterocycles. The summed E-state index contributed by atoms with van der Waals surface area (Å²) in [5, 5.41) is 16.8. The number of ether oxygens (including phenoxy) is 1. The molecule has 1 heterocycles. The first-order valence-electron chi connectivity index (χ1n) is 5.56. The van der Waals surface area contributed by atoms with Gasteiger partial charge in [-0.2, -0.15) is 5.10 Å². The Morgan fingerprint density at radius 1 is 1.56 bits per heavy atom. The lowest BCUT2D eigenvalue weighted by atomic mass is 10.3. The Morgan fingerprint density at radius 3 is 2.88 bits per heavy atom.